The minimum Gasteiger partial charge on any atom is -0.359 e. The van der Waals surface area contributed by atoms with Gasteiger partial charge in [-0.15, -0.1) is 0 Å². The van der Waals surface area contributed by atoms with Crippen LogP contribution in [0.3, 0.4) is 0 Å². The van der Waals surface area contributed by atoms with E-state index in [4.69, 9.17) is 11.1 Å². The van der Waals surface area contributed by atoms with Crippen LogP contribution in [0.1, 0.15) is 35.1 Å². The molecule has 0 bridgehead atoms. The summed E-state index contributed by atoms with van der Waals surface area (Å²) < 4.78 is 0. The second-order valence-corrected chi connectivity index (χ2v) is 10.1. The maximum atomic E-state index is 14.2. The average molecular weight is 578 g/mol. The molecule has 43 heavy (non-hydrogen) atoms. The van der Waals surface area contributed by atoms with Crippen LogP contribution in [0, 0.1) is 5.41 Å². The molecule has 10 heteroatoms. The summed E-state index contributed by atoms with van der Waals surface area (Å²) in [4.78, 5) is 39.3. The highest BCUT2D eigenvalue weighted by Gasteiger charge is 2.39. The number of benzene rings is 4. The molecular weight excluding hydrogens is 542 g/mol. The van der Waals surface area contributed by atoms with Crippen LogP contribution in [-0.4, -0.2) is 30.9 Å². The van der Waals surface area contributed by atoms with Crippen molar-refractivity contribution in [2.24, 2.45) is 5.73 Å². The molecule has 4 aromatic carbocycles. The van der Waals surface area contributed by atoms with E-state index in [1.54, 1.807) is 62.5 Å². The third kappa shape index (κ3) is 7.76. The lowest BCUT2D eigenvalue weighted by Gasteiger charge is -2.32. The number of amides is 4. The number of hydrogen-bond donors (Lipinski definition) is 7. The van der Waals surface area contributed by atoms with Crippen LogP contribution in [0.25, 0.3) is 0 Å². The Morgan fingerprint density at radius 3 is 1.95 bits per heavy atom. The Bertz CT molecular complexity index is 1540. The molecule has 0 heterocycles. The van der Waals surface area contributed by atoms with Gasteiger partial charge in [0.1, 0.15) is 5.54 Å². The van der Waals surface area contributed by atoms with Crippen LogP contribution in [0.15, 0.2) is 109 Å². The standard InChI is InChI=1S/C33H35N7O3/c1-33(25-14-9-15-27(20-25)39-31(34)36-2,30(42)38-26-18-16-22(17-19-26)21-37-32(35)43)40-29(41)28(23-10-5-3-6-11-23)24-12-7-4-8-13-24/h3-20,28H,21H2,1-2H3,(H,38,42)(H,40,41)(H3,34,36,39)(H3,35,37,43). The fourth-order valence-corrected chi connectivity index (χ4v) is 4.63. The van der Waals surface area contributed by atoms with Gasteiger partial charge in [0.2, 0.25) is 5.91 Å². The normalized spacial score (nSPS) is 12.0. The summed E-state index contributed by atoms with van der Waals surface area (Å²) in [7, 11) is 1.62. The van der Waals surface area contributed by atoms with Crippen molar-refractivity contribution in [1.82, 2.24) is 16.0 Å². The number of nitrogens with two attached hydrogens (primary N) is 1. The van der Waals surface area contributed by atoms with E-state index in [0.29, 0.717) is 16.9 Å². The number of primary amides is 1. The molecule has 0 aliphatic carbocycles. The molecule has 1 atom stereocenters. The van der Waals surface area contributed by atoms with Gasteiger partial charge < -0.3 is 32.3 Å². The Morgan fingerprint density at radius 1 is 0.791 bits per heavy atom. The van der Waals surface area contributed by atoms with Crippen molar-refractivity contribution in [3.8, 4) is 0 Å². The lowest BCUT2D eigenvalue weighted by Crippen LogP contribution is -2.53. The van der Waals surface area contributed by atoms with Gasteiger partial charge in [-0.1, -0.05) is 84.9 Å². The van der Waals surface area contributed by atoms with Crippen molar-refractivity contribution < 1.29 is 14.4 Å². The van der Waals surface area contributed by atoms with Gasteiger partial charge in [0.05, 0.1) is 5.92 Å². The van der Waals surface area contributed by atoms with E-state index in [0.717, 1.165) is 16.7 Å². The first kappa shape index (κ1) is 30.3. The molecule has 0 spiro atoms. The summed E-state index contributed by atoms with van der Waals surface area (Å²) in [5.41, 5.74) is 7.58. The lowest BCUT2D eigenvalue weighted by molar-refractivity contribution is -0.130. The molecule has 4 amide bonds. The molecule has 0 aliphatic heterocycles. The first-order chi connectivity index (χ1) is 20.7. The fraction of sp³-hybridized carbons (Fsp3) is 0.152. The third-order valence-corrected chi connectivity index (χ3v) is 6.99. The zero-order chi connectivity index (χ0) is 30.8. The number of hydrogen-bond acceptors (Lipinski definition) is 4. The van der Waals surface area contributed by atoms with Gasteiger partial charge in [0.25, 0.3) is 5.91 Å². The number of anilines is 2. The van der Waals surface area contributed by atoms with Crippen molar-refractivity contribution >= 4 is 35.2 Å². The van der Waals surface area contributed by atoms with E-state index in [1.807, 2.05) is 60.7 Å². The Hall–Kier alpha value is -5.64. The number of carbonyl (C=O) groups is 3. The molecule has 10 nitrogen and oxygen atoms in total. The predicted molar refractivity (Wildman–Crippen MR) is 169 cm³/mol. The van der Waals surface area contributed by atoms with Gasteiger partial charge in [-0.2, -0.15) is 0 Å². The highest BCUT2D eigenvalue weighted by molar-refractivity contribution is 6.02. The number of urea groups is 1. The van der Waals surface area contributed by atoms with Crippen LogP contribution >= 0.6 is 0 Å². The highest BCUT2D eigenvalue weighted by Crippen LogP contribution is 2.30. The van der Waals surface area contributed by atoms with Gasteiger partial charge in [0.15, 0.2) is 5.96 Å². The molecule has 4 aromatic rings. The van der Waals surface area contributed by atoms with E-state index in [-0.39, 0.29) is 18.4 Å². The average Bonchev–Trinajstić information content (AvgIpc) is 3.01. The summed E-state index contributed by atoms with van der Waals surface area (Å²) in [5, 5.41) is 22.1. The molecule has 1 unspecified atom stereocenters. The zero-order valence-corrected chi connectivity index (χ0v) is 24.0. The van der Waals surface area contributed by atoms with Crippen LogP contribution in [-0.2, 0) is 21.7 Å². The van der Waals surface area contributed by atoms with Crippen molar-refractivity contribution in [1.29, 1.82) is 5.41 Å². The van der Waals surface area contributed by atoms with Crippen molar-refractivity contribution in [2.75, 3.05) is 17.7 Å². The van der Waals surface area contributed by atoms with Crippen LogP contribution < -0.4 is 32.3 Å². The summed E-state index contributed by atoms with van der Waals surface area (Å²) in [6.07, 6.45) is 0. The molecule has 0 fully saturated rings. The van der Waals surface area contributed by atoms with E-state index in [2.05, 4.69) is 26.6 Å². The summed E-state index contributed by atoms with van der Waals surface area (Å²) in [6, 6.07) is 32.1. The molecule has 0 saturated heterocycles. The van der Waals surface area contributed by atoms with Crippen LogP contribution in [0.2, 0.25) is 0 Å². The number of nitrogens with one attached hydrogen (secondary N) is 6. The molecule has 0 aliphatic rings. The third-order valence-electron chi connectivity index (χ3n) is 6.99. The maximum absolute atomic E-state index is 14.2. The summed E-state index contributed by atoms with van der Waals surface area (Å²) >= 11 is 0. The number of guanidine groups is 1. The molecule has 0 radical (unpaired) electrons. The molecule has 4 rings (SSSR count). The van der Waals surface area contributed by atoms with E-state index < -0.39 is 23.4 Å². The Labute approximate surface area is 250 Å². The van der Waals surface area contributed by atoms with Crippen LogP contribution in [0.4, 0.5) is 16.2 Å². The smallest absolute Gasteiger partial charge is 0.312 e. The maximum Gasteiger partial charge on any atom is 0.312 e. The Balaban J connectivity index is 1.70. The zero-order valence-electron chi connectivity index (χ0n) is 24.0. The first-order valence-corrected chi connectivity index (χ1v) is 13.7. The monoisotopic (exact) mass is 577 g/mol. The minimum atomic E-state index is -1.52. The second-order valence-electron chi connectivity index (χ2n) is 10.1. The number of carbonyl (C=O) groups excluding carboxylic acids is 3. The van der Waals surface area contributed by atoms with Gasteiger partial charge in [0, 0.05) is 25.0 Å². The predicted octanol–water partition coefficient (Wildman–Crippen LogP) is 4.22. The van der Waals surface area contributed by atoms with Crippen molar-refractivity contribution in [3.63, 3.8) is 0 Å². The fourth-order valence-electron chi connectivity index (χ4n) is 4.63. The van der Waals surface area contributed by atoms with Crippen LogP contribution in [0.5, 0.6) is 0 Å². The molecular formula is C33H35N7O3. The Kier molecular flexibility index (Phi) is 9.74. The summed E-state index contributed by atoms with van der Waals surface area (Å²) in [6.45, 7) is 1.90. The summed E-state index contributed by atoms with van der Waals surface area (Å²) in [5.74, 6) is -1.43. The highest BCUT2D eigenvalue weighted by atomic mass is 16.2. The van der Waals surface area contributed by atoms with E-state index >= 15 is 0 Å². The molecule has 220 valence electrons. The van der Waals surface area contributed by atoms with E-state index in [9.17, 15) is 14.4 Å². The topological polar surface area (TPSA) is 161 Å². The lowest BCUT2D eigenvalue weighted by atomic mass is 9.86. The SMILES string of the molecule is CNC(=N)Nc1cccc(C(C)(NC(=O)C(c2ccccc2)c2ccccc2)C(=O)Nc2ccc(CNC(N)=O)cc2)c1. The second kappa shape index (κ2) is 13.8. The van der Waals surface area contributed by atoms with Crippen molar-refractivity contribution in [3.05, 3.63) is 131 Å². The van der Waals surface area contributed by atoms with Gasteiger partial charge >= 0.3 is 6.03 Å². The van der Waals surface area contributed by atoms with Crippen molar-refractivity contribution in [2.45, 2.75) is 24.9 Å². The quantitative estimate of drug-likeness (QED) is 0.111. The molecule has 8 N–H and O–H groups in total. The van der Waals surface area contributed by atoms with E-state index in [1.165, 1.54) is 0 Å². The minimum absolute atomic E-state index is 0.0754. The largest absolute Gasteiger partial charge is 0.359 e. The first-order valence-electron chi connectivity index (χ1n) is 13.7. The molecule has 0 saturated carbocycles. The van der Waals surface area contributed by atoms with Gasteiger partial charge in [-0.05, 0) is 53.4 Å². The van der Waals surface area contributed by atoms with Gasteiger partial charge in [-0.25, -0.2) is 4.79 Å². The molecule has 0 aromatic heterocycles. The van der Waals surface area contributed by atoms with Gasteiger partial charge in [-0.3, -0.25) is 15.0 Å². The number of rotatable bonds is 10. The Morgan fingerprint density at radius 2 is 1.40 bits per heavy atom.